The van der Waals surface area contributed by atoms with Gasteiger partial charge < -0.3 is 9.40 Å². The molecule has 1 rings (SSSR count). The van der Waals surface area contributed by atoms with Crippen molar-refractivity contribution in [3.05, 3.63) is 33.7 Å². The third-order valence-electron chi connectivity index (χ3n) is 2.01. The van der Waals surface area contributed by atoms with Gasteiger partial charge in [-0.2, -0.15) is 5.26 Å². The first-order valence-corrected chi connectivity index (χ1v) is 4.13. The molecule has 0 radical (unpaired) electrons. The van der Waals surface area contributed by atoms with Crippen LogP contribution >= 0.6 is 0 Å². The lowest BCUT2D eigenvalue weighted by Gasteiger charge is -2.09. The van der Waals surface area contributed by atoms with Gasteiger partial charge in [0.2, 0.25) is 0 Å². The second kappa shape index (κ2) is 4.56. The summed E-state index contributed by atoms with van der Waals surface area (Å²) in [5.74, 6) is 4.87. The lowest BCUT2D eigenvalue weighted by molar-refractivity contribution is 0.128. The van der Waals surface area contributed by atoms with E-state index in [4.69, 9.17) is 11.2 Å². The number of nitrogens with two attached hydrogens (primary N) is 1. The number of aromatic nitrogens is 1. The summed E-state index contributed by atoms with van der Waals surface area (Å²) in [6.45, 7) is 2.32. The number of nitriles is 1. The van der Waals surface area contributed by atoms with E-state index >= 15 is 0 Å². The molecule has 0 aliphatic rings. The zero-order valence-electron chi connectivity index (χ0n) is 7.86. The zero-order valence-corrected chi connectivity index (χ0v) is 7.86. The van der Waals surface area contributed by atoms with Gasteiger partial charge in [-0.25, -0.2) is 5.90 Å². The zero-order chi connectivity index (χ0) is 10.6. The molecule has 0 aromatic carbocycles. The topological polar surface area (TPSA) is 81.0 Å². The quantitative estimate of drug-likeness (QED) is 0.681. The van der Waals surface area contributed by atoms with Gasteiger partial charge in [-0.15, -0.1) is 0 Å². The minimum Gasteiger partial charge on any atom is -0.309 e. The van der Waals surface area contributed by atoms with E-state index < -0.39 is 0 Å². The number of nitrogens with zero attached hydrogens (tertiary/aromatic N) is 2. The standard InChI is InChI=1S/C9H11N3O2/c1-7-8(6-10)2-3-9(13)12(7)4-5-14-11/h2-3H,4-5,11H2,1H3. The molecule has 1 aromatic rings. The van der Waals surface area contributed by atoms with E-state index in [1.54, 1.807) is 6.92 Å². The average Bonchev–Trinajstić information content (AvgIpc) is 2.18. The van der Waals surface area contributed by atoms with Crippen molar-refractivity contribution in [1.82, 2.24) is 4.57 Å². The Labute approximate surface area is 81.3 Å². The highest BCUT2D eigenvalue weighted by Crippen LogP contribution is 2.02. The van der Waals surface area contributed by atoms with Crippen molar-refractivity contribution < 1.29 is 4.84 Å². The molecule has 0 atom stereocenters. The molecule has 0 amide bonds. The molecule has 0 bridgehead atoms. The number of hydrogen-bond acceptors (Lipinski definition) is 4. The van der Waals surface area contributed by atoms with Crippen LogP contribution in [0.2, 0.25) is 0 Å². The van der Waals surface area contributed by atoms with E-state index in [9.17, 15) is 4.79 Å². The van der Waals surface area contributed by atoms with Gasteiger partial charge in [-0.05, 0) is 13.0 Å². The number of rotatable bonds is 3. The van der Waals surface area contributed by atoms with Crippen LogP contribution in [0.3, 0.4) is 0 Å². The lowest BCUT2D eigenvalue weighted by atomic mass is 10.2. The Balaban J connectivity index is 3.14. The molecule has 0 aliphatic heterocycles. The molecule has 5 nitrogen and oxygen atoms in total. The van der Waals surface area contributed by atoms with Crippen LogP contribution in [0.1, 0.15) is 11.3 Å². The Morgan fingerprint density at radius 3 is 2.93 bits per heavy atom. The molecule has 14 heavy (non-hydrogen) atoms. The molecule has 0 spiro atoms. The van der Waals surface area contributed by atoms with Gasteiger partial charge in [0.05, 0.1) is 18.7 Å². The first-order valence-electron chi connectivity index (χ1n) is 4.13. The smallest absolute Gasteiger partial charge is 0.250 e. The SMILES string of the molecule is Cc1c(C#N)ccc(=O)n1CCON. The van der Waals surface area contributed by atoms with Gasteiger partial charge in [-0.3, -0.25) is 4.79 Å². The van der Waals surface area contributed by atoms with Crippen LogP contribution in [0.15, 0.2) is 16.9 Å². The summed E-state index contributed by atoms with van der Waals surface area (Å²) in [5, 5.41) is 8.74. The van der Waals surface area contributed by atoms with Gasteiger partial charge in [0.25, 0.3) is 5.56 Å². The van der Waals surface area contributed by atoms with E-state index in [1.165, 1.54) is 16.7 Å². The molecule has 0 unspecified atom stereocenters. The van der Waals surface area contributed by atoms with Gasteiger partial charge in [0, 0.05) is 11.8 Å². The highest BCUT2D eigenvalue weighted by molar-refractivity contribution is 5.32. The summed E-state index contributed by atoms with van der Waals surface area (Å²) in [5.41, 5.74) is 0.970. The largest absolute Gasteiger partial charge is 0.309 e. The summed E-state index contributed by atoms with van der Waals surface area (Å²) in [6.07, 6.45) is 0. The summed E-state index contributed by atoms with van der Waals surface area (Å²) < 4.78 is 1.46. The van der Waals surface area contributed by atoms with Crippen molar-refractivity contribution in [3.63, 3.8) is 0 Å². The van der Waals surface area contributed by atoms with E-state index in [0.29, 0.717) is 17.8 Å². The third kappa shape index (κ3) is 1.99. The Morgan fingerprint density at radius 1 is 1.64 bits per heavy atom. The molecule has 0 fully saturated rings. The van der Waals surface area contributed by atoms with Crippen LogP contribution in [0.4, 0.5) is 0 Å². The van der Waals surface area contributed by atoms with Crippen molar-refractivity contribution >= 4 is 0 Å². The summed E-state index contributed by atoms with van der Waals surface area (Å²) in [4.78, 5) is 15.8. The minimum atomic E-state index is -0.154. The van der Waals surface area contributed by atoms with Gasteiger partial charge in [0.15, 0.2) is 0 Å². The fourth-order valence-corrected chi connectivity index (χ4v) is 1.22. The van der Waals surface area contributed by atoms with Crippen LogP contribution in [-0.4, -0.2) is 11.2 Å². The van der Waals surface area contributed by atoms with Crippen LogP contribution in [0, 0.1) is 18.3 Å². The van der Waals surface area contributed by atoms with Crippen molar-refractivity contribution in [1.29, 1.82) is 5.26 Å². The average molecular weight is 193 g/mol. The van der Waals surface area contributed by atoms with Crippen LogP contribution in [-0.2, 0) is 11.4 Å². The van der Waals surface area contributed by atoms with Crippen molar-refractivity contribution in [2.75, 3.05) is 6.61 Å². The Morgan fingerprint density at radius 2 is 2.36 bits per heavy atom. The van der Waals surface area contributed by atoms with E-state index in [0.717, 1.165) is 0 Å². The van der Waals surface area contributed by atoms with Crippen LogP contribution in [0.25, 0.3) is 0 Å². The highest BCUT2D eigenvalue weighted by atomic mass is 16.6. The maximum absolute atomic E-state index is 11.4. The number of hydrogen-bond donors (Lipinski definition) is 1. The van der Waals surface area contributed by atoms with E-state index in [1.807, 2.05) is 6.07 Å². The fraction of sp³-hybridized carbons (Fsp3) is 0.333. The highest BCUT2D eigenvalue weighted by Gasteiger charge is 2.04. The monoisotopic (exact) mass is 193 g/mol. The first kappa shape index (κ1) is 10.4. The molecule has 0 aliphatic carbocycles. The van der Waals surface area contributed by atoms with Crippen molar-refractivity contribution in [2.45, 2.75) is 13.5 Å². The molecular weight excluding hydrogens is 182 g/mol. The molecule has 74 valence electrons. The summed E-state index contributed by atoms with van der Waals surface area (Å²) in [6, 6.07) is 4.88. The van der Waals surface area contributed by atoms with E-state index in [-0.39, 0.29) is 12.2 Å². The van der Waals surface area contributed by atoms with Gasteiger partial charge >= 0.3 is 0 Å². The second-order valence-electron chi connectivity index (χ2n) is 2.80. The maximum atomic E-state index is 11.4. The Kier molecular flexibility index (Phi) is 3.40. The molecule has 1 aromatic heterocycles. The van der Waals surface area contributed by atoms with E-state index in [2.05, 4.69) is 4.84 Å². The van der Waals surface area contributed by atoms with Crippen molar-refractivity contribution in [3.8, 4) is 6.07 Å². The van der Waals surface area contributed by atoms with Gasteiger partial charge in [0.1, 0.15) is 6.07 Å². The Hall–Kier alpha value is -1.64. The third-order valence-corrected chi connectivity index (χ3v) is 2.01. The summed E-state index contributed by atoms with van der Waals surface area (Å²) >= 11 is 0. The predicted octanol–water partition coefficient (Wildman–Crippen LogP) is -0.0813. The second-order valence-corrected chi connectivity index (χ2v) is 2.80. The fourth-order valence-electron chi connectivity index (χ4n) is 1.22. The Bertz CT molecular complexity index is 417. The predicted molar refractivity (Wildman–Crippen MR) is 50.3 cm³/mol. The normalized spacial score (nSPS) is 9.79. The minimum absolute atomic E-state index is 0.154. The first-order chi connectivity index (χ1) is 6.70. The summed E-state index contributed by atoms with van der Waals surface area (Å²) in [7, 11) is 0. The molecule has 0 saturated heterocycles. The molecule has 0 saturated carbocycles. The molecular formula is C9H11N3O2. The molecule has 1 heterocycles. The lowest BCUT2D eigenvalue weighted by Crippen LogP contribution is -2.25. The van der Waals surface area contributed by atoms with Gasteiger partial charge in [-0.1, -0.05) is 0 Å². The van der Waals surface area contributed by atoms with Crippen molar-refractivity contribution in [2.24, 2.45) is 5.90 Å². The maximum Gasteiger partial charge on any atom is 0.250 e. The molecule has 5 heteroatoms. The number of pyridine rings is 1. The van der Waals surface area contributed by atoms with Crippen LogP contribution < -0.4 is 11.5 Å². The van der Waals surface area contributed by atoms with Crippen LogP contribution in [0.5, 0.6) is 0 Å². The molecule has 2 N–H and O–H groups in total.